The van der Waals surface area contributed by atoms with Crippen molar-refractivity contribution in [3.63, 3.8) is 0 Å². The van der Waals surface area contributed by atoms with Gasteiger partial charge in [0.05, 0.1) is 35.9 Å². The van der Waals surface area contributed by atoms with E-state index in [9.17, 15) is 35.9 Å². The number of likely N-dealkylation sites (N-methyl/N-ethyl adjacent to an activating group) is 1. The van der Waals surface area contributed by atoms with Gasteiger partial charge in [-0.15, -0.1) is 0 Å². The van der Waals surface area contributed by atoms with Crippen LogP contribution in [0.5, 0.6) is 0 Å². The second-order valence-corrected chi connectivity index (χ2v) is 8.57. The number of amides is 2. The molecule has 3 aromatic rings. The summed E-state index contributed by atoms with van der Waals surface area (Å²) in [6, 6.07) is 7.53. The van der Waals surface area contributed by atoms with Crippen molar-refractivity contribution < 1.29 is 40.3 Å². The highest BCUT2D eigenvalue weighted by atomic mass is 19.4. The number of furan rings is 1. The number of alkyl halides is 6. The largest absolute Gasteiger partial charge is 0.467 e. The van der Waals surface area contributed by atoms with E-state index < -0.39 is 52.8 Å². The topological polar surface area (TPSA) is 62.6 Å². The number of hydrogen-bond acceptors (Lipinski definition) is 3. The van der Waals surface area contributed by atoms with E-state index in [1.807, 2.05) is 0 Å². The van der Waals surface area contributed by atoms with Crippen molar-refractivity contribution in [1.82, 2.24) is 10.2 Å². The van der Waals surface area contributed by atoms with Crippen LogP contribution in [0.1, 0.15) is 55.9 Å². The van der Waals surface area contributed by atoms with E-state index in [0.29, 0.717) is 23.5 Å². The van der Waals surface area contributed by atoms with E-state index in [1.54, 1.807) is 31.2 Å². The first kappa shape index (κ1) is 25.3. The molecule has 11 heteroatoms. The molecule has 36 heavy (non-hydrogen) atoms. The fraction of sp³-hybridized carbons (Fsp3) is 0.280. The van der Waals surface area contributed by atoms with E-state index in [0.717, 1.165) is 4.90 Å². The van der Waals surface area contributed by atoms with Crippen LogP contribution < -0.4 is 5.32 Å². The minimum atomic E-state index is -5.08. The van der Waals surface area contributed by atoms with Crippen LogP contribution in [-0.2, 0) is 23.7 Å². The number of nitrogens with zero attached hydrogens (tertiary/aromatic N) is 1. The molecule has 2 heterocycles. The fourth-order valence-corrected chi connectivity index (χ4v) is 4.39. The minimum absolute atomic E-state index is 0.0121. The van der Waals surface area contributed by atoms with Crippen molar-refractivity contribution in [3.8, 4) is 0 Å². The van der Waals surface area contributed by atoms with E-state index in [-0.39, 0.29) is 23.7 Å². The number of benzene rings is 2. The Bertz CT molecular complexity index is 1270. The Morgan fingerprint density at radius 2 is 1.64 bits per heavy atom. The molecule has 0 saturated carbocycles. The van der Waals surface area contributed by atoms with Crippen LogP contribution in [0, 0.1) is 6.92 Å². The predicted molar refractivity (Wildman–Crippen MR) is 116 cm³/mol. The molecule has 1 aromatic heterocycles. The summed E-state index contributed by atoms with van der Waals surface area (Å²) in [6.45, 7) is 1.63. The van der Waals surface area contributed by atoms with Crippen molar-refractivity contribution in [3.05, 3.63) is 93.9 Å². The third-order valence-electron chi connectivity index (χ3n) is 6.08. The van der Waals surface area contributed by atoms with Gasteiger partial charge in [-0.1, -0.05) is 17.7 Å². The molecular weight excluding hydrogens is 490 g/mol. The molecule has 1 aliphatic heterocycles. The van der Waals surface area contributed by atoms with Crippen LogP contribution in [0.2, 0.25) is 0 Å². The van der Waals surface area contributed by atoms with Crippen LogP contribution in [0.4, 0.5) is 26.3 Å². The summed E-state index contributed by atoms with van der Waals surface area (Å²) in [5.74, 6) is -2.21. The Hall–Kier alpha value is -3.76. The van der Waals surface area contributed by atoms with E-state index in [1.165, 1.54) is 19.4 Å². The molecule has 4 rings (SSSR count). The number of hydrogen-bond donors (Lipinski definition) is 1. The summed E-state index contributed by atoms with van der Waals surface area (Å²) in [7, 11) is 1.25. The number of carbonyl (C=O) groups is 2. The van der Waals surface area contributed by atoms with E-state index in [2.05, 4.69) is 5.32 Å². The molecule has 5 nitrogen and oxygen atoms in total. The molecular formula is C25H20F6N2O3. The Balaban J connectivity index is 1.89. The molecule has 0 bridgehead atoms. The molecule has 0 fully saturated rings. The summed E-state index contributed by atoms with van der Waals surface area (Å²) < 4.78 is 86.6. The monoisotopic (exact) mass is 510 g/mol. The molecule has 190 valence electrons. The SMILES string of the molecule is Cc1ccc2c(c1)C(C(=O)NCc1ccco1)C(c1cc(C(F)(F)F)cc(C(F)(F)F)c1)N(C)C2=O. The highest BCUT2D eigenvalue weighted by Gasteiger charge is 2.45. The lowest BCUT2D eigenvalue weighted by Crippen LogP contribution is -2.45. The first-order valence-corrected chi connectivity index (χ1v) is 10.7. The molecule has 0 spiro atoms. The van der Waals surface area contributed by atoms with Gasteiger partial charge in [0.2, 0.25) is 5.91 Å². The first-order valence-electron chi connectivity index (χ1n) is 10.7. The number of carbonyl (C=O) groups excluding carboxylic acids is 2. The summed E-state index contributed by atoms with van der Waals surface area (Å²) in [4.78, 5) is 27.6. The van der Waals surface area contributed by atoms with Crippen LogP contribution >= 0.6 is 0 Å². The lowest BCUT2D eigenvalue weighted by molar-refractivity contribution is -0.143. The number of halogens is 6. The average molecular weight is 510 g/mol. The number of aryl methyl sites for hydroxylation is 1. The molecule has 1 aliphatic rings. The van der Waals surface area contributed by atoms with Gasteiger partial charge in [0.25, 0.3) is 5.91 Å². The highest BCUT2D eigenvalue weighted by Crippen LogP contribution is 2.45. The molecule has 0 saturated heterocycles. The number of rotatable bonds is 4. The summed E-state index contributed by atoms with van der Waals surface area (Å²) in [5.41, 5.74) is -2.51. The second kappa shape index (κ2) is 9.03. The van der Waals surface area contributed by atoms with Crippen LogP contribution in [0.25, 0.3) is 0 Å². The van der Waals surface area contributed by atoms with Gasteiger partial charge in [0, 0.05) is 12.6 Å². The second-order valence-electron chi connectivity index (χ2n) is 8.57. The average Bonchev–Trinajstić information content (AvgIpc) is 3.32. The number of fused-ring (bicyclic) bond motifs is 1. The van der Waals surface area contributed by atoms with Gasteiger partial charge in [-0.3, -0.25) is 9.59 Å². The summed E-state index contributed by atoms with van der Waals surface area (Å²) in [6.07, 6.45) is -8.78. The summed E-state index contributed by atoms with van der Waals surface area (Å²) in [5, 5.41) is 2.62. The Morgan fingerprint density at radius 1 is 1.00 bits per heavy atom. The number of nitrogens with one attached hydrogen (secondary N) is 1. The highest BCUT2D eigenvalue weighted by molar-refractivity contribution is 6.01. The Morgan fingerprint density at radius 3 is 2.19 bits per heavy atom. The molecule has 0 aliphatic carbocycles. The molecule has 2 atom stereocenters. The standard InChI is InChI=1S/C25H20F6N2O3/c1-13-5-6-18-19(8-13)20(22(34)32-12-17-4-3-7-36-17)21(33(2)23(18)35)14-9-15(24(26,27)28)11-16(10-14)25(29,30)31/h3-11,20-21H,12H2,1-2H3,(H,32,34). The third-order valence-corrected chi connectivity index (χ3v) is 6.08. The summed E-state index contributed by atoms with van der Waals surface area (Å²) >= 11 is 0. The van der Waals surface area contributed by atoms with Crippen molar-refractivity contribution in [2.24, 2.45) is 0 Å². The van der Waals surface area contributed by atoms with E-state index >= 15 is 0 Å². The van der Waals surface area contributed by atoms with Crippen molar-refractivity contribution in [2.45, 2.75) is 37.8 Å². The maximum absolute atomic E-state index is 13.6. The van der Waals surface area contributed by atoms with Gasteiger partial charge >= 0.3 is 12.4 Å². The third kappa shape index (κ3) is 4.82. The van der Waals surface area contributed by atoms with Gasteiger partial charge in [-0.2, -0.15) is 26.3 Å². The quantitative estimate of drug-likeness (QED) is 0.448. The Labute approximate surface area is 201 Å². The maximum atomic E-state index is 13.6. The molecule has 2 unspecified atom stereocenters. The molecule has 2 amide bonds. The lowest BCUT2D eigenvalue weighted by Gasteiger charge is -2.40. The zero-order valence-corrected chi connectivity index (χ0v) is 19.0. The smallest absolute Gasteiger partial charge is 0.416 e. The first-order chi connectivity index (χ1) is 16.8. The zero-order valence-electron chi connectivity index (χ0n) is 19.0. The van der Waals surface area contributed by atoms with Crippen LogP contribution in [0.3, 0.4) is 0 Å². The molecule has 0 radical (unpaired) electrons. The Kier molecular flexibility index (Phi) is 6.36. The van der Waals surface area contributed by atoms with Gasteiger partial charge in [-0.25, -0.2) is 0 Å². The molecule has 2 aromatic carbocycles. The van der Waals surface area contributed by atoms with Gasteiger partial charge in [0.15, 0.2) is 0 Å². The minimum Gasteiger partial charge on any atom is -0.467 e. The van der Waals surface area contributed by atoms with Crippen molar-refractivity contribution >= 4 is 11.8 Å². The lowest BCUT2D eigenvalue weighted by atomic mass is 9.78. The normalized spacial score (nSPS) is 18.2. The van der Waals surface area contributed by atoms with Crippen LogP contribution in [-0.4, -0.2) is 23.8 Å². The zero-order chi connectivity index (χ0) is 26.4. The maximum Gasteiger partial charge on any atom is 0.416 e. The van der Waals surface area contributed by atoms with E-state index in [4.69, 9.17) is 4.42 Å². The van der Waals surface area contributed by atoms with Gasteiger partial charge < -0.3 is 14.6 Å². The van der Waals surface area contributed by atoms with Crippen molar-refractivity contribution in [2.75, 3.05) is 7.05 Å². The predicted octanol–water partition coefficient (Wildman–Crippen LogP) is 5.85. The van der Waals surface area contributed by atoms with Gasteiger partial charge in [0.1, 0.15) is 5.76 Å². The van der Waals surface area contributed by atoms with Crippen LogP contribution in [0.15, 0.2) is 59.2 Å². The van der Waals surface area contributed by atoms with Crippen molar-refractivity contribution in [1.29, 1.82) is 0 Å². The fourth-order valence-electron chi connectivity index (χ4n) is 4.39. The van der Waals surface area contributed by atoms with Gasteiger partial charge in [-0.05, 0) is 54.4 Å². The molecule has 1 N–H and O–H groups in total.